The van der Waals surface area contributed by atoms with E-state index < -0.39 is 0 Å². The van der Waals surface area contributed by atoms with Gasteiger partial charge in [-0.1, -0.05) is 6.07 Å². The van der Waals surface area contributed by atoms with E-state index in [0.717, 1.165) is 26.7 Å². The Balaban J connectivity index is 1.52. The largest absolute Gasteiger partial charge is 0.496 e. The topological polar surface area (TPSA) is 64.4 Å². The number of nitrogens with one attached hydrogen (secondary N) is 1. The fourth-order valence-electron chi connectivity index (χ4n) is 2.87. The van der Waals surface area contributed by atoms with Crippen LogP contribution in [0.25, 0.3) is 22.6 Å². The van der Waals surface area contributed by atoms with E-state index in [4.69, 9.17) is 9.15 Å². The lowest BCUT2D eigenvalue weighted by molar-refractivity contribution is 0.102. The van der Waals surface area contributed by atoms with Gasteiger partial charge in [-0.25, -0.2) is 4.98 Å². The minimum absolute atomic E-state index is 0.201. The SMILES string of the molecule is COc1ccc(C(=O)Nc2ccc(-c3nc4cc(C)ccc4o3)cc2)cc1Br. The molecule has 3 aromatic carbocycles. The molecule has 4 rings (SSSR count). The van der Waals surface area contributed by atoms with Crippen LogP contribution in [0.5, 0.6) is 5.75 Å². The molecule has 0 aliphatic rings. The number of rotatable bonds is 4. The maximum atomic E-state index is 12.5. The Morgan fingerprint density at radius 2 is 1.86 bits per heavy atom. The van der Waals surface area contributed by atoms with Gasteiger partial charge in [-0.15, -0.1) is 0 Å². The van der Waals surface area contributed by atoms with Gasteiger partial charge >= 0.3 is 0 Å². The third kappa shape index (κ3) is 3.64. The Morgan fingerprint density at radius 1 is 1.07 bits per heavy atom. The highest BCUT2D eigenvalue weighted by molar-refractivity contribution is 9.10. The van der Waals surface area contributed by atoms with Crippen molar-refractivity contribution in [3.8, 4) is 17.2 Å². The highest BCUT2D eigenvalue weighted by Gasteiger charge is 2.11. The van der Waals surface area contributed by atoms with E-state index in [1.54, 1.807) is 25.3 Å². The maximum absolute atomic E-state index is 12.5. The Labute approximate surface area is 170 Å². The van der Waals surface area contributed by atoms with E-state index in [0.29, 0.717) is 22.9 Å². The molecule has 1 aromatic heterocycles. The molecule has 4 aromatic rings. The van der Waals surface area contributed by atoms with Gasteiger partial charge in [0.2, 0.25) is 5.89 Å². The van der Waals surface area contributed by atoms with Crippen molar-refractivity contribution in [1.29, 1.82) is 0 Å². The van der Waals surface area contributed by atoms with E-state index in [9.17, 15) is 4.79 Å². The minimum Gasteiger partial charge on any atom is -0.496 e. The molecule has 0 fully saturated rings. The number of fused-ring (bicyclic) bond motifs is 1. The lowest BCUT2D eigenvalue weighted by atomic mass is 10.1. The molecule has 1 N–H and O–H groups in total. The number of aromatic nitrogens is 1. The Morgan fingerprint density at radius 3 is 2.57 bits per heavy atom. The second-order valence-electron chi connectivity index (χ2n) is 6.37. The summed E-state index contributed by atoms with van der Waals surface area (Å²) in [6.07, 6.45) is 0. The van der Waals surface area contributed by atoms with Crippen LogP contribution >= 0.6 is 15.9 Å². The average Bonchev–Trinajstić information content (AvgIpc) is 3.11. The third-order valence-corrected chi connectivity index (χ3v) is 4.97. The van der Waals surface area contributed by atoms with Crippen molar-refractivity contribution < 1.29 is 13.9 Å². The molecule has 0 unspecified atom stereocenters. The molecule has 6 heteroatoms. The molecule has 0 atom stereocenters. The van der Waals surface area contributed by atoms with Crippen molar-refractivity contribution in [3.05, 3.63) is 76.3 Å². The summed E-state index contributed by atoms with van der Waals surface area (Å²) in [5.41, 5.74) is 4.79. The third-order valence-electron chi connectivity index (χ3n) is 4.35. The Kier molecular flexibility index (Phi) is 4.88. The predicted molar refractivity (Wildman–Crippen MR) is 113 cm³/mol. The van der Waals surface area contributed by atoms with Crippen LogP contribution in [0.4, 0.5) is 5.69 Å². The molecular weight excluding hydrogens is 420 g/mol. The normalized spacial score (nSPS) is 10.8. The Hall–Kier alpha value is -3.12. The van der Waals surface area contributed by atoms with Crippen LogP contribution in [0.3, 0.4) is 0 Å². The van der Waals surface area contributed by atoms with Crippen LogP contribution in [-0.2, 0) is 0 Å². The van der Waals surface area contributed by atoms with Crippen LogP contribution in [0, 0.1) is 6.92 Å². The van der Waals surface area contributed by atoms with Crippen LogP contribution in [-0.4, -0.2) is 18.0 Å². The van der Waals surface area contributed by atoms with E-state index in [-0.39, 0.29) is 5.91 Å². The number of amides is 1. The van der Waals surface area contributed by atoms with E-state index in [1.807, 2.05) is 49.4 Å². The molecule has 0 saturated heterocycles. The smallest absolute Gasteiger partial charge is 0.255 e. The lowest BCUT2D eigenvalue weighted by Crippen LogP contribution is -2.11. The second-order valence-corrected chi connectivity index (χ2v) is 7.23. The van der Waals surface area contributed by atoms with Crippen molar-refractivity contribution >= 4 is 38.6 Å². The zero-order valence-corrected chi connectivity index (χ0v) is 16.9. The van der Waals surface area contributed by atoms with E-state index >= 15 is 0 Å². The zero-order chi connectivity index (χ0) is 19.7. The van der Waals surface area contributed by atoms with Gasteiger partial charge in [0.05, 0.1) is 11.6 Å². The molecular formula is C22H17BrN2O3. The van der Waals surface area contributed by atoms with Crippen molar-refractivity contribution in [1.82, 2.24) is 4.98 Å². The van der Waals surface area contributed by atoms with Crippen LogP contribution in [0.1, 0.15) is 15.9 Å². The molecule has 5 nitrogen and oxygen atoms in total. The molecule has 0 radical (unpaired) electrons. The number of aryl methyl sites for hydroxylation is 1. The number of anilines is 1. The molecule has 28 heavy (non-hydrogen) atoms. The number of hydrogen-bond donors (Lipinski definition) is 1. The van der Waals surface area contributed by atoms with Gasteiger partial charge < -0.3 is 14.5 Å². The second kappa shape index (κ2) is 7.48. The van der Waals surface area contributed by atoms with E-state index in [1.165, 1.54) is 0 Å². The van der Waals surface area contributed by atoms with Crippen molar-refractivity contribution in [2.24, 2.45) is 0 Å². The van der Waals surface area contributed by atoms with Crippen LogP contribution in [0.15, 0.2) is 69.6 Å². The lowest BCUT2D eigenvalue weighted by Gasteiger charge is -2.08. The molecule has 140 valence electrons. The van der Waals surface area contributed by atoms with Crippen LogP contribution < -0.4 is 10.1 Å². The Bertz CT molecular complexity index is 1170. The highest BCUT2D eigenvalue weighted by Crippen LogP contribution is 2.27. The van der Waals surface area contributed by atoms with Crippen LogP contribution in [0.2, 0.25) is 0 Å². The molecule has 0 aliphatic heterocycles. The first-order valence-corrected chi connectivity index (χ1v) is 9.45. The summed E-state index contributed by atoms with van der Waals surface area (Å²) in [7, 11) is 1.58. The molecule has 1 heterocycles. The fourth-order valence-corrected chi connectivity index (χ4v) is 3.41. The molecule has 0 aliphatic carbocycles. The van der Waals surface area contributed by atoms with Gasteiger partial charge in [-0.2, -0.15) is 0 Å². The van der Waals surface area contributed by atoms with Gasteiger partial charge in [-0.05, 0) is 83.0 Å². The van der Waals surface area contributed by atoms with Crippen molar-refractivity contribution in [2.75, 3.05) is 12.4 Å². The number of methoxy groups -OCH3 is 1. The first-order chi connectivity index (χ1) is 13.5. The summed E-state index contributed by atoms with van der Waals surface area (Å²) in [4.78, 5) is 17.0. The number of hydrogen-bond acceptors (Lipinski definition) is 4. The summed E-state index contributed by atoms with van der Waals surface area (Å²) in [6, 6.07) is 18.5. The molecule has 0 spiro atoms. The summed E-state index contributed by atoms with van der Waals surface area (Å²) in [5, 5.41) is 2.88. The summed E-state index contributed by atoms with van der Waals surface area (Å²) in [6.45, 7) is 2.02. The maximum Gasteiger partial charge on any atom is 0.255 e. The number of halogens is 1. The number of ether oxygens (including phenoxy) is 1. The van der Waals surface area contributed by atoms with Gasteiger partial charge in [0.15, 0.2) is 5.58 Å². The highest BCUT2D eigenvalue weighted by atomic mass is 79.9. The molecule has 0 bridgehead atoms. The van der Waals surface area contributed by atoms with Gasteiger partial charge in [0, 0.05) is 16.8 Å². The average molecular weight is 437 g/mol. The molecule has 1 amide bonds. The van der Waals surface area contributed by atoms with E-state index in [2.05, 4.69) is 26.2 Å². The summed E-state index contributed by atoms with van der Waals surface area (Å²) in [5.74, 6) is 1.03. The number of nitrogens with zero attached hydrogens (tertiary/aromatic N) is 1. The number of benzene rings is 3. The summed E-state index contributed by atoms with van der Waals surface area (Å²) >= 11 is 3.39. The number of oxazole rings is 1. The molecule has 0 saturated carbocycles. The van der Waals surface area contributed by atoms with Crippen molar-refractivity contribution in [3.63, 3.8) is 0 Å². The van der Waals surface area contributed by atoms with Gasteiger partial charge in [0.1, 0.15) is 11.3 Å². The quantitative estimate of drug-likeness (QED) is 0.437. The standard InChI is InChI=1S/C22H17BrN2O3/c1-13-3-9-20-18(11-13)25-22(28-20)14-4-7-16(8-5-14)24-21(26)15-6-10-19(27-2)17(23)12-15/h3-12H,1-2H3,(H,24,26). The predicted octanol–water partition coefficient (Wildman–Crippen LogP) is 5.83. The number of carbonyl (C=O) groups is 1. The minimum atomic E-state index is -0.201. The van der Waals surface area contributed by atoms with Gasteiger partial charge in [-0.3, -0.25) is 4.79 Å². The zero-order valence-electron chi connectivity index (χ0n) is 15.3. The van der Waals surface area contributed by atoms with Crippen molar-refractivity contribution in [2.45, 2.75) is 6.92 Å². The first kappa shape index (κ1) is 18.3. The monoisotopic (exact) mass is 436 g/mol. The summed E-state index contributed by atoms with van der Waals surface area (Å²) < 4.78 is 11.7. The fraction of sp³-hybridized carbons (Fsp3) is 0.0909. The van der Waals surface area contributed by atoms with Gasteiger partial charge in [0.25, 0.3) is 5.91 Å². The first-order valence-electron chi connectivity index (χ1n) is 8.66. The number of carbonyl (C=O) groups excluding carboxylic acids is 1.